The summed E-state index contributed by atoms with van der Waals surface area (Å²) in [5.74, 6) is 0. The molecule has 1 atom stereocenters. The van der Waals surface area contributed by atoms with Crippen LogP contribution in [0.15, 0.2) is 29.1 Å². The molecule has 0 fully saturated rings. The van der Waals surface area contributed by atoms with Gasteiger partial charge in [0.25, 0.3) is 0 Å². The van der Waals surface area contributed by atoms with Gasteiger partial charge in [0.2, 0.25) is 0 Å². The second-order valence-corrected chi connectivity index (χ2v) is 6.91. The van der Waals surface area contributed by atoms with Crippen molar-refractivity contribution in [3.63, 3.8) is 0 Å². The molecule has 2 heterocycles. The molecule has 0 aliphatic heterocycles. The van der Waals surface area contributed by atoms with E-state index in [1.54, 1.807) is 36.1 Å². The standard InChI is InChI=1S/C19H20ClN5O2/c1-11-8-15(14(10-21)18(20)22-11)23-13-4-5-16-17(9-13)25(7-6-12(2)26)19(27)24(16)3/h4-5,8-9,12,26H,6-7H2,1-3H3,(H,22,23)/t12-/m1/s1. The Morgan fingerprint density at radius 3 is 2.78 bits per heavy atom. The molecule has 0 amide bonds. The molecule has 0 bridgehead atoms. The number of aliphatic hydroxyl groups excluding tert-OH is 1. The summed E-state index contributed by atoms with van der Waals surface area (Å²) < 4.78 is 3.22. The largest absolute Gasteiger partial charge is 0.393 e. The van der Waals surface area contributed by atoms with Crippen molar-refractivity contribution in [2.75, 3.05) is 5.32 Å². The third-order valence-electron chi connectivity index (χ3n) is 4.41. The van der Waals surface area contributed by atoms with Gasteiger partial charge >= 0.3 is 5.69 Å². The molecule has 0 saturated carbocycles. The number of hydrogen-bond donors (Lipinski definition) is 2. The van der Waals surface area contributed by atoms with E-state index in [-0.39, 0.29) is 16.4 Å². The number of nitriles is 1. The van der Waals surface area contributed by atoms with Crippen LogP contribution < -0.4 is 11.0 Å². The molecule has 0 radical (unpaired) electrons. The average molecular weight is 386 g/mol. The van der Waals surface area contributed by atoms with E-state index < -0.39 is 6.10 Å². The van der Waals surface area contributed by atoms with Crippen molar-refractivity contribution in [1.29, 1.82) is 5.26 Å². The number of hydrogen-bond acceptors (Lipinski definition) is 5. The second kappa shape index (κ2) is 7.43. The molecule has 7 nitrogen and oxygen atoms in total. The minimum atomic E-state index is -0.492. The first kappa shape index (κ1) is 19.0. The summed E-state index contributed by atoms with van der Waals surface area (Å²) in [7, 11) is 1.72. The van der Waals surface area contributed by atoms with Gasteiger partial charge in [-0.1, -0.05) is 11.6 Å². The zero-order valence-electron chi connectivity index (χ0n) is 15.3. The Bertz CT molecular complexity index is 1110. The number of halogens is 1. The zero-order valence-corrected chi connectivity index (χ0v) is 16.1. The number of benzene rings is 1. The topological polar surface area (TPSA) is 95.9 Å². The van der Waals surface area contributed by atoms with Gasteiger partial charge in [-0.3, -0.25) is 9.13 Å². The van der Waals surface area contributed by atoms with Crippen LogP contribution in [-0.4, -0.2) is 25.3 Å². The molecule has 140 valence electrons. The number of anilines is 2. The number of aromatic nitrogens is 3. The van der Waals surface area contributed by atoms with Crippen molar-refractivity contribution in [2.24, 2.45) is 7.05 Å². The third kappa shape index (κ3) is 3.68. The fourth-order valence-electron chi connectivity index (χ4n) is 3.02. The number of imidazole rings is 1. The van der Waals surface area contributed by atoms with E-state index in [0.29, 0.717) is 24.3 Å². The maximum absolute atomic E-state index is 12.5. The number of aliphatic hydroxyl groups is 1. The Balaban J connectivity index is 2.06. The molecular weight excluding hydrogens is 366 g/mol. The Kier molecular flexibility index (Phi) is 5.22. The van der Waals surface area contributed by atoms with Crippen LogP contribution in [0.2, 0.25) is 5.15 Å². The quantitative estimate of drug-likeness (QED) is 0.658. The average Bonchev–Trinajstić information content (AvgIpc) is 2.83. The Hall–Kier alpha value is -2.82. The van der Waals surface area contributed by atoms with Crippen LogP contribution in [0.3, 0.4) is 0 Å². The van der Waals surface area contributed by atoms with Gasteiger partial charge in [0.1, 0.15) is 16.8 Å². The van der Waals surface area contributed by atoms with Crippen molar-refractivity contribution in [3.8, 4) is 6.07 Å². The summed E-state index contributed by atoms with van der Waals surface area (Å²) in [4.78, 5) is 16.6. The highest BCUT2D eigenvalue weighted by molar-refractivity contribution is 6.31. The number of rotatable bonds is 5. The molecule has 0 spiro atoms. The number of nitrogens with zero attached hydrogens (tertiary/aromatic N) is 4. The van der Waals surface area contributed by atoms with Crippen LogP contribution in [0.4, 0.5) is 11.4 Å². The van der Waals surface area contributed by atoms with Gasteiger partial charge in [0, 0.05) is 25.0 Å². The highest BCUT2D eigenvalue weighted by Gasteiger charge is 2.14. The van der Waals surface area contributed by atoms with Gasteiger partial charge < -0.3 is 10.4 Å². The van der Waals surface area contributed by atoms with Gasteiger partial charge in [-0.15, -0.1) is 0 Å². The number of fused-ring (bicyclic) bond motifs is 1. The molecule has 27 heavy (non-hydrogen) atoms. The van der Waals surface area contributed by atoms with E-state index >= 15 is 0 Å². The molecule has 8 heteroatoms. The molecule has 2 aromatic heterocycles. The summed E-state index contributed by atoms with van der Waals surface area (Å²) >= 11 is 6.07. The molecule has 0 saturated heterocycles. The number of aryl methyl sites for hydroxylation is 3. The van der Waals surface area contributed by atoms with Gasteiger partial charge in [-0.25, -0.2) is 9.78 Å². The number of pyridine rings is 1. The maximum Gasteiger partial charge on any atom is 0.328 e. The molecular formula is C19H20ClN5O2. The van der Waals surface area contributed by atoms with Crippen molar-refractivity contribution in [1.82, 2.24) is 14.1 Å². The van der Waals surface area contributed by atoms with E-state index in [1.165, 1.54) is 0 Å². The Labute approximate surface area is 161 Å². The highest BCUT2D eigenvalue weighted by Crippen LogP contribution is 2.28. The van der Waals surface area contributed by atoms with Crippen LogP contribution in [0.1, 0.15) is 24.6 Å². The zero-order chi connectivity index (χ0) is 19.7. The van der Waals surface area contributed by atoms with Crippen molar-refractivity contribution in [2.45, 2.75) is 32.9 Å². The SMILES string of the molecule is Cc1cc(Nc2ccc3c(c2)n(CC[C@@H](C)O)c(=O)n3C)c(C#N)c(Cl)n1. The first-order chi connectivity index (χ1) is 12.8. The van der Waals surface area contributed by atoms with Crippen molar-refractivity contribution >= 4 is 34.0 Å². The lowest BCUT2D eigenvalue weighted by Gasteiger charge is -2.11. The van der Waals surface area contributed by atoms with Crippen LogP contribution in [0.25, 0.3) is 11.0 Å². The molecule has 3 aromatic rings. The summed E-state index contributed by atoms with van der Waals surface area (Å²) in [5.41, 5.74) is 3.64. The second-order valence-electron chi connectivity index (χ2n) is 6.55. The van der Waals surface area contributed by atoms with E-state index in [2.05, 4.69) is 16.4 Å². The van der Waals surface area contributed by atoms with E-state index in [9.17, 15) is 15.2 Å². The van der Waals surface area contributed by atoms with Crippen molar-refractivity contribution in [3.05, 3.63) is 51.2 Å². The summed E-state index contributed by atoms with van der Waals surface area (Å²) in [5, 5.41) is 22.3. The first-order valence-corrected chi connectivity index (χ1v) is 8.91. The van der Waals surface area contributed by atoms with Gasteiger partial charge in [0.15, 0.2) is 0 Å². The van der Waals surface area contributed by atoms with Gasteiger partial charge in [-0.05, 0) is 44.5 Å². The maximum atomic E-state index is 12.5. The summed E-state index contributed by atoms with van der Waals surface area (Å²) in [6.07, 6.45) is -0.0115. The lowest BCUT2D eigenvalue weighted by molar-refractivity contribution is 0.178. The van der Waals surface area contributed by atoms with Crippen LogP contribution in [-0.2, 0) is 13.6 Å². The minimum absolute atomic E-state index is 0.136. The molecule has 0 unspecified atom stereocenters. The van der Waals surface area contributed by atoms with Gasteiger partial charge in [0.05, 0.1) is 22.8 Å². The molecule has 1 aromatic carbocycles. The van der Waals surface area contributed by atoms with Crippen molar-refractivity contribution < 1.29 is 5.11 Å². The lowest BCUT2D eigenvalue weighted by atomic mass is 10.2. The molecule has 3 rings (SSSR count). The first-order valence-electron chi connectivity index (χ1n) is 8.53. The lowest BCUT2D eigenvalue weighted by Crippen LogP contribution is -2.23. The van der Waals surface area contributed by atoms with Crippen LogP contribution >= 0.6 is 11.6 Å². The predicted octanol–water partition coefficient (Wildman–Crippen LogP) is 3.08. The molecule has 2 N–H and O–H groups in total. The van der Waals surface area contributed by atoms with Crippen LogP contribution in [0.5, 0.6) is 0 Å². The Morgan fingerprint density at radius 2 is 2.11 bits per heavy atom. The minimum Gasteiger partial charge on any atom is -0.393 e. The Morgan fingerprint density at radius 1 is 1.37 bits per heavy atom. The predicted molar refractivity (Wildman–Crippen MR) is 105 cm³/mol. The summed E-state index contributed by atoms with van der Waals surface area (Å²) in [6, 6.07) is 9.35. The number of nitrogens with one attached hydrogen (secondary N) is 1. The summed E-state index contributed by atoms with van der Waals surface area (Å²) in [6.45, 7) is 3.91. The fourth-order valence-corrected chi connectivity index (χ4v) is 3.29. The monoisotopic (exact) mass is 385 g/mol. The normalized spacial score (nSPS) is 12.1. The smallest absolute Gasteiger partial charge is 0.328 e. The van der Waals surface area contributed by atoms with Gasteiger partial charge in [-0.2, -0.15) is 5.26 Å². The van der Waals surface area contributed by atoms with E-state index in [1.807, 2.05) is 18.2 Å². The highest BCUT2D eigenvalue weighted by atomic mass is 35.5. The third-order valence-corrected chi connectivity index (χ3v) is 4.68. The van der Waals surface area contributed by atoms with Crippen LogP contribution in [0, 0.1) is 18.3 Å². The van der Waals surface area contributed by atoms with E-state index in [0.717, 1.165) is 16.7 Å². The molecule has 0 aliphatic rings. The fraction of sp³-hybridized carbons (Fsp3) is 0.316. The van der Waals surface area contributed by atoms with E-state index in [4.69, 9.17) is 11.6 Å². The molecule has 0 aliphatic carbocycles.